The first-order valence-electron chi connectivity index (χ1n) is 2.67. The van der Waals surface area contributed by atoms with Gasteiger partial charge in [0.25, 0.3) is 0 Å². The Bertz CT molecular complexity index is 99.7. The molecule has 0 saturated carbocycles. The Labute approximate surface area is 51.0 Å². The second kappa shape index (κ2) is 6.34. The molecule has 0 unspecified atom stereocenters. The zero-order valence-electron chi connectivity index (χ0n) is 5.33. The van der Waals surface area contributed by atoms with Gasteiger partial charge in [-0.05, 0) is 0 Å². The van der Waals surface area contributed by atoms with Crippen molar-refractivity contribution in [3.8, 4) is 0 Å². The van der Waals surface area contributed by atoms with E-state index < -0.39 is 0 Å². The third kappa shape index (κ3) is 5.34. The van der Waals surface area contributed by atoms with Gasteiger partial charge >= 0.3 is 50.1 Å². The average Bonchev–Trinajstić information content (AvgIpc) is 1.81. The molecular weight excluding hydrogens is 96.9 g/mol. The van der Waals surface area contributed by atoms with Gasteiger partial charge in [-0.3, -0.25) is 0 Å². The summed E-state index contributed by atoms with van der Waals surface area (Å²) in [5.74, 6) is 1.89. The second-order valence-electron chi connectivity index (χ2n) is 1.31. The minimum atomic E-state index is 1.75. The molecule has 0 aliphatic heterocycles. The standard InChI is InChI=1S/C6H10BN/c1-3-5-8-6-4-7-2/h3-6H,1-2H3/b5-3-,8-6?. The molecule has 0 radical (unpaired) electrons. The van der Waals surface area contributed by atoms with Crippen LogP contribution >= 0.6 is 0 Å². The van der Waals surface area contributed by atoms with Gasteiger partial charge in [-0.25, -0.2) is 0 Å². The molecule has 0 atom stereocenters. The van der Waals surface area contributed by atoms with Crippen LogP contribution in [-0.2, 0) is 0 Å². The Kier molecular flexibility index (Phi) is 5.83. The normalized spacial score (nSPS) is 11.8. The number of hydrogen-bond donors (Lipinski definition) is 0. The first kappa shape index (κ1) is 7.34. The Morgan fingerprint density at radius 1 is 1.50 bits per heavy atom. The molecule has 0 spiro atoms. The fourth-order valence-corrected chi connectivity index (χ4v) is 0.272. The van der Waals surface area contributed by atoms with Gasteiger partial charge in [-0.15, -0.1) is 0 Å². The van der Waals surface area contributed by atoms with E-state index in [2.05, 4.69) is 4.99 Å². The third-order valence-corrected chi connectivity index (χ3v) is 0.600. The predicted octanol–water partition coefficient (Wildman–Crippen LogP) is 1.15. The quantitative estimate of drug-likeness (QED) is 0.370. The maximum atomic E-state index is 3.89. The molecule has 0 rings (SSSR count). The van der Waals surface area contributed by atoms with E-state index in [0.29, 0.717) is 0 Å². The molecule has 0 N–H and O–H groups in total. The third-order valence-electron chi connectivity index (χ3n) is 0.600. The van der Waals surface area contributed by atoms with Crippen LogP contribution in [0, 0.1) is 0 Å². The Hall–Kier alpha value is -0.655. The van der Waals surface area contributed by atoms with E-state index in [4.69, 9.17) is 0 Å². The van der Waals surface area contributed by atoms with Gasteiger partial charge in [0.05, 0.1) is 0 Å². The van der Waals surface area contributed by atoms with Crippen molar-refractivity contribution >= 4 is 19.1 Å². The molecule has 0 amide bonds. The second-order valence-corrected chi connectivity index (χ2v) is 1.31. The average molecular weight is 107 g/mol. The molecular formula is C6H10BN. The van der Waals surface area contributed by atoms with Crippen LogP contribution in [0.3, 0.4) is 0 Å². The van der Waals surface area contributed by atoms with Crippen molar-refractivity contribution in [1.29, 1.82) is 0 Å². The van der Waals surface area contributed by atoms with E-state index >= 15 is 0 Å². The summed E-state index contributed by atoms with van der Waals surface area (Å²) in [5.41, 5.74) is 0. The number of rotatable bonds is 2. The molecule has 2 heteroatoms. The molecule has 0 saturated heterocycles. The first-order chi connectivity index (χ1) is 3.91. The summed E-state index contributed by atoms with van der Waals surface area (Å²) >= 11 is 0. The van der Waals surface area contributed by atoms with Crippen LogP contribution in [0.5, 0.6) is 0 Å². The first-order valence-corrected chi connectivity index (χ1v) is 2.67. The number of nitrogens with zero attached hydrogens (tertiary/aromatic N) is 1. The van der Waals surface area contributed by atoms with Crippen molar-refractivity contribution in [2.45, 2.75) is 13.7 Å². The van der Waals surface area contributed by atoms with Crippen molar-refractivity contribution in [2.75, 3.05) is 0 Å². The van der Waals surface area contributed by atoms with E-state index in [0.717, 1.165) is 0 Å². The summed E-state index contributed by atoms with van der Waals surface area (Å²) in [6.07, 6.45) is 5.39. The molecule has 0 heterocycles. The minimum absolute atomic E-state index is 1.75. The predicted molar refractivity (Wildman–Crippen MR) is 41.0 cm³/mol. The summed E-state index contributed by atoms with van der Waals surface area (Å²) in [5, 5.41) is 0. The van der Waals surface area contributed by atoms with Gasteiger partial charge in [0, 0.05) is 0 Å². The van der Waals surface area contributed by atoms with Crippen LogP contribution < -0.4 is 0 Å². The fourth-order valence-electron chi connectivity index (χ4n) is 0.272. The van der Waals surface area contributed by atoms with Crippen LogP contribution in [-0.4, -0.2) is 19.1 Å². The number of aliphatic imine (C=N–C) groups is 1. The molecule has 0 aromatic carbocycles. The maximum absolute atomic E-state index is 3.89. The number of hydrogen-bond acceptors (Lipinski definition) is 1. The molecule has 8 heavy (non-hydrogen) atoms. The molecule has 0 aromatic rings. The van der Waals surface area contributed by atoms with Crippen LogP contribution in [0.4, 0.5) is 0 Å². The number of allylic oxidation sites excluding steroid dienone is 1. The van der Waals surface area contributed by atoms with E-state index in [9.17, 15) is 0 Å². The summed E-state index contributed by atoms with van der Waals surface area (Å²) in [4.78, 5) is 3.89. The van der Waals surface area contributed by atoms with Crippen molar-refractivity contribution in [2.24, 2.45) is 4.99 Å². The van der Waals surface area contributed by atoms with Crippen molar-refractivity contribution in [3.05, 3.63) is 12.3 Å². The Morgan fingerprint density at radius 3 is 2.75 bits per heavy atom. The van der Waals surface area contributed by atoms with Crippen molar-refractivity contribution in [1.82, 2.24) is 0 Å². The van der Waals surface area contributed by atoms with Gasteiger partial charge in [0.15, 0.2) is 0 Å². The molecule has 0 aliphatic carbocycles. The van der Waals surface area contributed by atoms with Crippen LogP contribution in [0.15, 0.2) is 17.3 Å². The van der Waals surface area contributed by atoms with Crippen LogP contribution in [0.1, 0.15) is 6.92 Å². The van der Waals surface area contributed by atoms with Gasteiger partial charge in [0.1, 0.15) is 0 Å². The van der Waals surface area contributed by atoms with Gasteiger partial charge in [-0.2, -0.15) is 0 Å². The van der Waals surface area contributed by atoms with Crippen molar-refractivity contribution in [3.63, 3.8) is 0 Å². The SMILES string of the molecule is CB=CC=N/C=C\C. The summed E-state index contributed by atoms with van der Waals surface area (Å²) < 4.78 is 0. The Balaban J connectivity index is 3.35. The molecule has 0 fully saturated rings. The Morgan fingerprint density at radius 2 is 2.25 bits per heavy atom. The molecule has 0 aliphatic rings. The van der Waals surface area contributed by atoms with Crippen molar-refractivity contribution < 1.29 is 0 Å². The molecule has 42 valence electrons. The molecule has 0 bridgehead atoms. The van der Waals surface area contributed by atoms with E-state index in [-0.39, 0.29) is 0 Å². The topological polar surface area (TPSA) is 12.4 Å². The summed E-state index contributed by atoms with van der Waals surface area (Å²) in [6, 6.07) is 0. The van der Waals surface area contributed by atoms with Crippen LogP contribution in [0.25, 0.3) is 0 Å². The van der Waals surface area contributed by atoms with Gasteiger partial charge in [0.2, 0.25) is 0 Å². The monoisotopic (exact) mass is 107 g/mol. The summed E-state index contributed by atoms with van der Waals surface area (Å²) in [6.45, 7) is 5.84. The zero-order chi connectivity index (χ0) is 6.24. The van der Waals surface area contributed by atoms with Gasteiger partial charge < -0.3 is 0 Å². The van der Waals surface area contributed by atoms with Gasteiger partial charge in [-0.1, -0.05) is 0 Å². The van der Waals surface area contributed by atoms with E-state index in [1.807, 2.05) is 32.7 Å². The fraction of sp³-hybridized carbons (Fsp3) is 0.333. The van der Waals surface area contributed by atoms with E-state index in [1.165, 1.54) is 0 Å². The zero-order valence-corrected chi connectivity index (χ0v) is 5.33. The molecule has 0 aromatic heterocycles. The molecule has 1 nitrogen and oxygen atoms in total. The van der Waals surface area contributed by atoms with Crippen LogP contribution in [0.2, 0.25) is 6.82 Å². The summed E-state index contributed by atoms with van der Waals surface area (Å²) in [7, 11) is 0. The van der Waals surface area contributed by atoms with E-state index in [1.54, 1.807) is 12.4 Å².